The number of ether oxygens (including phenoxy) is 1. The predicted octanol–water partition coefficient (Wildman–Crippen LogP) is 16.1. The summed E-state index contributed by atoms with van der Waals surface area (Å²) in [4.78, 5) is 9.49. The standard InChI is InChI=1S/C62H65N4O.Pt/c1-58(2,3)44-27-30-54-53(36-44)52-29-28-51(39-55(52)66(54)57-37-45(31-32-63-57)59(4,5)6)67-50-26-20-25-48(38-50)64-40-56(62(12,13)43-23-18-15-19-24-43)65(41-64)49-34-46(60(7,8)9)33-47(35-49)61(10,11)42-21-16-14-17-22-42;/h14-37,40-41H,1-13H3;/q-3;. The molecule has 0 saturated heterocycles. The zero-order valence-corrected chi connectivity index (χ0v) is 44.3. The van der Waals surface area contributed by atoms with Crippen LogP contribution in [0.1, 0.15) is 123 Å². The molecule has 352 valence electrons. The second-order valence-corrected chi connectivity index (χ2v) is 22.5. The maximum Gasteiger partial charge on any atom is 0.135 e. The summed E-state index contributed by atoms with van der Waals surface area (Å²) in [7, 11) is 0. The van der Waals surface area contributed by atoms with Gasteiger partial charge in [0.1, 0.15) is 5.82 Å². The molecule has 0 saturated carbocycles. The summed E-state index contributed by atoms with van der Waals surface area (Å²) in [5, 5.41) is 2.27. The average Bonchev–Trinajstić information content (AvgIpc) is 3.89. The summed E-state index contributed by atoms with van der Waals surface area (Å²) in [6, 6.07) is 57.5. The van der Waals surface area contributed by atoms with Crippen molar-refractivity contribution in [1.82, 2.24) is 9.55 Å². The average molecular weight is 1080 g/mol. The van der Waals surface area contributed by atoms with Crippen LogP contribution in [0.15, 0.2) is 158 Å². The molecule has 5 nitrogen and oxygen atoms in total. The van der Waals surface area contributed by atoms with Crippen molar-refractivity contribution in [2.75, 3.05) is 9.80 Å². The van der Waals surface area contributed by atoms with Gasteiger partial charge in [0.15, 0.2) is 0 Å². The minimum atomic E-state index is -0.356. The molecule has 0 N–H and O–H groups in total. The summed E-state index contributed by atoms with van der Waals surface area (Å²) in [5.41, 5.74) is 12.0. The van der Waals surface area contributed by atoms with Crippen molar-refractivity contribution in [3.8, 4) is 17.3 Å². The van der Waals surface area contributed by atoms with Gasteiger partial charge in [-0.25, -0.2) is 4.98 Å². The monoisotopic (exact) mass is 1080 g/mol. The van der Waals surface area contributed by atoms with E-state index >= 15 is 0 Å². The third kappa shape index (κ3) is 9.32. The molecule has 0 fully saturated rings. The third-order valence-electron chi connectivity index (χ3n) is 13.8. The predicted molar refractivity (Wildman–Crippen MR) is 281 cm³/mol. The van der Waals surface area contributed by atoms with Crippen molar-refractivity contribution < 1.29 is 25.8 Å². The van der Waals surface area contributed by atoms with E-state index in [0.29, 0.717) is 11.5 Å². The van der Waals surface area contributed by atoms with Crippen LogP contribution in [-0.2, 0) is 48.1 Å². The Hall–Kier alpha value is -5.90. The largest absolute Gasteiger partial charge is 0.509 e. The molecule has 3 heterocycles. The van der Waals surface area contributed by atoms with Gasteiger partial charge in [0, 0.05) is 66.5 Å². The van der Waals surface area contributed by atoms with Crippen LogP contribution in [-0.4, -0.2) is 9.55 Å². The fraction of sp³-hybridized carbons (Fsp3) is 0.290. The van der Waals surface area contributed by atoms with Gasteiger partial charge < -0.3 is 19.1 Å². The van der Waals surface area contributed by atoms with Gasteiger partial charge in [0.2, 0.25) is 0 Å². The van der Waals surface area contributed by atoms with Crippen LogP contribution in [0.4, 0.5) is 11.4 Å². The maximum atomic E-state index is 6.73. The number of allylic oxidation sites excluding steroid dienone is 1. The van der Waals surface area contributed by atoms with Gasteiger partial charge in [-0.3, -0.25) is 0 Å². The topological polar surface area (TPSA) is 33.5 Å². The number of rotatable bonds is 9. The quantitative estimate of drug-likeness (QED) is 0.135. The Bertz CT molecular complexity index is 3140. The number of nitrogens with zero attached hydrogens (tertiary/aromatic N) is 4. The summed E-state index contributed by atoms with van der Waals surface area (Å²) in [6.07, 6.45) is 4.18. The van der Waals surface area contributed by atoms with Gasteiger partial charge in [0.25, 0.3) is 0 Å². The minimum absolute atomic E-state index is 0. The van der Waals surface area contributed by atoms with Gasteiger partial charge in [-0.2, -0.15) is 12.1 Å². The number of pyridine rings is 1. The van der Waals surface area contributed by atoms with E-state index in [9.17, 15) is 0 Å². The van der Waals surface area contributed by atoms with Gasteiger partial charge in [-0.1, -0.05) is 174 Å². The molecule has 6 heteroatoms. The first kappa shape index (κ1) is 48.6. The Balaban J connectivity index is 0.00000625. The Morgan fingerprint density at radius 3 is 1.75 bits per heavy atom. The van der Waals surface area contributed by atoms with E-state index in [1.165, 1.54) is 38.8 Å². The van der Waals surface area contributed by atoms with Crippen molar-refractivity contribution in [1.29, 1.82) is 0 Å². The molecule has 1 aliphatic heterocycles. The second-order valence-electron chi connectivity index (χ2n) is 22.5. The molecule has 68 heavy (non-hydrogen) atoms. The Morgan fingerprint density at radius 2 is 1.10 bits per heavy atom. The molecular weight excluding hydrogens is 1010 g/mol. The third-order valence-corrected chi connectivity index (χ3v) is 13.8. The molecule has 1 aliphatic rings. The number of hydrogen-bond donors (Lipinski definition) is 0. The van der Waals surface area contributed by atoms with E-state index in [2.05, 4.69) is 251 Å². The van der Waals surface area contributed by atoms with Crippen LogP contribution < -0.4 is 14.5 Å². The first-order valence-electron chi connectivity index (χ1n) is 23.7. The van der Waals surface area contributed by atoms with Crippen molar-refractivity contribution in [3.05, 3.63) is 210 Å². The van der Waals surface area contributed by atoms with Crippen LogP contribution in [0.5, 0.6) is 11.5 Å². The molecule has 0 unspecified atom stereocenters. The number of benzene rings is 6. The molecule has 2 aromatic heterocycles. The second kappa shape index (κ2) is 17.9. The molecular formula is C62H65N4OPt-3. The van der Waals surface area contributed by atoms with Gasteiger partial charge in [0.05, 0.1) is 0 Å². The van der Waals surface area contributed by atoms with Crippen LogP contribution in [0.25, 0.3) is 27.6 Å². The molecule has 6 aromatic carbocycles. The van der Waals surface area contributed by atoms with E-state index in [1.807, 2.05) is 24.4 Å². The fourth-order valence-electron chi connectivity index (χ4n) is 9.24. The molecule has 0 atom stereocenters. The van der Waals surface area contributed by atoms with Crippen molar-refractivity contribution in [2.24, 2.45) is 0 Å². The van der Waals surface area contributed by atoms with Gasteiger partial charge in [-0.15, -0.1) is 48.1 Å². The maximum absolute atomic E-state index is 6.73. The van der Waals surface area contributed by atoms with Crippen LogP contribution in [0.3, 0.4) is 0 Å². The van der Waals surface area contributed by atoms with E-state index < -0.39 is 0 Å². The SMILES string of the molecule is CC(C)(C)c1cc(N2[CH-]N(c3[c-]c(Oc4[c-]c5c(cc4)c4cc(C(C)(C)C)ccc4n5-c4cc(C(C)(C)C)ccn4)ccc3)C=C2C(C)(C)c2ccccc2)cc(C(C)(C)c2ccccc2)c1.[Pt]. The zero-order valence-electron chi connectivity index (χ0n) is 42.0. The van der Waals surface area contributed by atoms with Crippen LogP contribution in [0, 0.1) is 18.8 Å². The van der Waals surface area contributed by atoms with E-state index in [4.69, 9.17) is 9.72 Å². The van der Waals surface area contributed by atoms with Crippen molar-refractivity contribution in [3.63, 3.8) is 0 Å². The summed E-state index contributed by atoms with van der Waals surface area (Å²) in [5.74, 6) is 2.07. The normalized spacial score (nSPS) is 13.8. The van der Waals surface area contributed by atoms with Gasteiger partial charge >= 0.3 is 0 Å². The van der Waals surface area contributed by atoms with E-state index in [1.54, 1.807) is 0 Å². The van der Waals surface area contributed by atoms with E-state index in [-0.39, 0.29) is 48.1 Å². The number of hydrogen-bond acceptors (Lipinski definition) is 4. The first-order valence-corrected chi connectivity index (χ1v) is 23.7. The molecule has 0 amide bonds. The van der Waals surface area contributed by atoms with Crippen molar-refractivity contribution >= 4 is 33.2 Å². The Kier molecular flexibility index (Phi) is 12.8. The fourth-order valence-corrected chi connectivity index (χ4v) is 9.24. The molecule has 0 spiro atoms. The molecule has 0 bridgehead atoms. The molecule has 0 radical (unpaired) electrons. The summed E-state index contributed by atoms with van der Waals surface area (Å²) >= 11 is 0. The van der Waals surface area contributed by atoms with E-state index in [0.717, 1.165) is 39.3 Å². The van der Waals surface area contributed by atoms with Gasteiger partial charge in [-0.05, 0) is 91.5 Å². The molecule has 9 rings (SSSR count). The summed E-state index contributed by atoms with van der Waals surface area (Å²) < 4.78 is 8.96. The number of fused-ring (bicyclic) bond motifs is 3. The molecule has 8 aromatic rings. The minimum Gasteiger partial charge on any atom is -0.509 e. The first-order chi connectivity index (χ1) is 31.6. The number of aromatic nitrogens is 2. The number of anilines is 2. The smallest absolute Gasteiger partial charge is 0.135 e. The Morgan fingerprint density at radius 1 is 0.500 bits per heavy atom. The Labute approximate surface area is 420 Å². The summed E-state index contributed by atoms with van der Waals surface area (Å²) in [6.45, 7) is 31.9. The van der Waals surface area contributed by atoms with Crippen LogP contribution >= 0.6 is 0 Å². The van der Waals surface area contributed by atoms with Crippen molar-refractivity contribution in [2.45, 2.75) is 117 Å². The molecule has 0 aliphatic carbocycles. The zero-order chi connectivity index (χ0) is 47.7. The van der Waals surface area contributed by atoms with Crippen LogP contribution in [0.2, 0.25) is 0 Å².